The number of amides is 2. The van der Waals surface area contributed by atoms with Crippen LogP contribution in [-0.4, -0.2) is 47.3 Å². The maximum absolute atomic E-state index is 12.4. The van der Waals surface area contributed by atoms with Gasteiger partial charge in [0.1, 0.15) is 12.3 Å². The molecule has 0 radical (unpaired) electrons. The van der Waals surface area contributed by atoms with Gasteiger partial charge in [0.2, 0.25) is 0 Å². The molecule has 1 aromatic heterocycles. The molecule has 0 aliphatic carbocycles. The van der Waals surface area contributed by atoms with E-state index in [4.69, 9.17) is 4.74 Å². The summed E-state index contributed by atoms with van der Waals surface area (Å²) in [6.45, 7) is 1.61. The van der Waals surface area contributed by atoms with Crippen LogP contribution < -0.4 is 9.64 Å². The summed E-state index contributed by atoms with van der Waals surface area (Å²) in [5.41, 5.74) is 1.49. The Morgan fingerprint density at radius 3 is 2.40 bits per heavy atom. The van der Waals surface area contributed by atoms with E-state index in [9.17, 15) is 14.4 Å². The molecular weight excluding hydrogens is 402 g/mol. The summed E-state index contributed by atoms with van der Waals surface area (Å²) in [4.78, 5) is 45.1. The monoisotopic (exact) mass is 421 g/mol. The number of anilines is 1. The minimum Gasteiger partial charge on any atom is -0.425 e. The second-order valence-corrected chi connectivity index (χ2v) is 8.40. The molecule has 2 aromatic carbocycles. The molecular formula is C22H19N3O4S. The van der Waals surface area contributed by atoms with Gasteiger partial charge < -0.3 is 9.64 Å². The smallest absolute Gasteiger partial charge is 0.331 e. The Bertz CT molecular complexity index is 1130. The largest absolute Gasteiger partial charge is 0.425 e. The molecule has 30 heavy (non-hydrogen) atoms. The fraction of sp³-hybridized carbons (Fsp3) is 0.273. The van der Waals surface area contributed by atoms with Crippen LogP contribution in [0.5, 0.6) is 5.75 Å². The first kappa shape index (κ1) is 18.7. The van der Waals surface area contributed by atoms with Gasteiger partial charge in [-0.2, -0.15) is 0 Å². The molecule has 3 heterocycles. The molecule has 7 nitrogen and oxygen atoms in total. The van der Waals surface area contributed by atoms with E-state index >= 15 is 0 Å². The predicted octanol–water partition coefficient (Wildman–Crippen LogP) is 3.49. The van der Waals surface area contributed by atoms with Gasteiger partial charge in [-0.15, -0.1) is 0 Å². The highest BCUT2D eigenvalue weighted by molar-refractivity contribution is 7.22. The summed E-state index contributed by atoms with van der Waals surface area (Å²) in [5.74, 6) is -1.24. The number of aromatic nitrogens is 1. The molecule has 3 aromatic rings. The maximum atomic E-state index is 12.4. The first-order valence-electron chi connectivity index (χ1n) is 9.91. The Kier molecular flexibility index (Phi) is 4.71. The topological polar surface area (TPSA) is 79.8 Å². The number of fused-ring (bicyclic) bond motifs is 2. The third kappa shape index (κ3) is 3.33. The van der Waals surface area contributed by atoms with Crippen molar-refractivity contribution < 1.29 is 19.1 Å². The molecule has 0 atom stereocenters. The fourth-order valence-electron chi connectivity index (χ4n) is 3.85. The van der Waals surface area contributed by atoms with Crippen molar-refractivity contribution in [1.29, 1.82) is 0 Å². The Balaban J connectivity index is 1.29. The van der Waals surface area contributed by atoms with E-state index in [1.165, 1.54) is 19.3 Å². The lowest BCUT2D eigenvalue weighted by Gasteiger charge is -2.25. The van der Waals surface area contributed by atoms with E-state index in [1.807, 2.05) is 6.07 Å². The van der Waals surface area contributed by atoms with Crippen molar-refractivity contribution in [3.63, 3.8) is 0 Å². The molecule has 5 rings (SSSR count). The predicted molar refractivity (Wildman–Crippen MR) is 113 cm³/mol. The molecule has 0 saturated carbocycles. The molecule has 8 heteroatoms. The van der Waals surface area contributed by atoms with Crippen LogP contribution in [0.4, 0.5) is 5.13 Å². The van der Waals surface area contributed by atoms with Crippen molar-refractivity contribution in [1.82, 2.24) is 9.88 Å². The number of imide groups is 1. The van der Waals surface area contributed by atoms with E-state index in [1.54, 1.807) is 47.7 Å². The normalized spacial score (nSPS) is 16.3. The van der Waals surface area contributed by atoms with Crippen molar-refractivity contribution in [3.8, 4) is 5.75 Å². The summed E-state index contributed by atoms with van der Waals surface area (Å²) in [6.07, 6.45) is 3.61. The lowest BCUT2D eigenvalue weighted by atomic mass is 10.1. The summed E-state index contributed by atoms with van der Waals surface area (Å²) < 4.78 is 6.35. The number of nitrogens with zero attached hydrogens (tertiary/aromatic N) is 3. The number of rotatable bonds is 4. The number of piperidine rings is 1. The lowest BCUT2D eigenvalue weighted by molar-refractivity contribution is -0.134. The molecule has 0 unspecified atom stereocenters. The molecule has 2 amide bonds. The van der Waals surface area contributed by atoms with Crippen molar-refractivity contribution in [2.45, 2.75) is 19.3 Å². The number of hydrogen-bond donors (Lipinski definition) is 0. The van der Waals surface area contributed by atoms with Gasteiger partial charge in [0.15, 0.2) is 5.13 Å². The fourth-order valence-corrected chi connectivity index (χ4v) is 4.90. The van der Waals surface area contributed by atoms with E-state index in [-0.39, 0.29) is 0 Å². The van der Waals surface area contributed by atoms with Crippen molar-refractivity contribution in [2.75, 3.05) is 24.5 Å². The first-order valence-corrected chi connectivity index (χ1v) is 10.7. The number of thiazole rings is 1. The molecule has 152 valence electrons. The van der Waals surface area contributed by atoms with Crippen LogP contribution in [0.25, 0.3) is 10.2 Å². The summed E-state index contributed by atoms with van der Waals surface area (Å²) >= 11 is 1.58. The number of ether oxygens (including phenoxy) is 1. The van der Waals surface area contributed by atoms with Gasteiger partial charge in [-0.05, 0) is 43.5 Å². The van der Waals surface area contributed by atoms with Crippen LogP contribution in [0.1, 0.15) is 40.0 Å². The number of esters is 1. The summed E-state index contributed by atoms with van der Waals surface area (Å²) in [7, 11) is 0. The maximum Gasteiger partial charge on any atom is 0.331 e. The standard InChI is InChI=1S/C22H19N3O4S/c26-19(13-25-20(27)15-6-2-3-7-16(15)21(25)28)29-14-8-9-17-18(12-14)30-22(23-17)24-10-4-1-5-11-24/h2-3,6-9,12H,1,4-5,10-11,13H2. The van der Waals surface area contributed by atoms with E-state index in [0.717, 1.165) is 33.3 Å². The van der Waals surface area contributed by atoms with Crippen LogP contribution in [0.2, 0.25) is 0 Å². The average Bonchev–Trinajstić information content (AvgIpc) is 3.29. The van der Waals surface area contributed by atoms with Crippen molar-refractivity contribution in [3.05, 3.63) is 53.6 Å². The minimum atomic E-state index is -0.662. The van der Waals surface area contributed by atoms with Crippen LogP contribution >= 0.6 is 11.3 Å². The molecule has 2 aliphatic heterocycles. The van der Waals surface area contributed by atoms with Crippen molar-refractivity contribution in [2.24, 2.45) is 0 Å². The van der Waals surface area contributed by atoms with Gasteiger partial charge in [0, 0.05) is 19.2 Å². The van der Waals surface area contributed by atoms with Crippen LogP contribution in [0, 0.1) is 0 Å². The second-order valence-electron chi connectivity index (χ2n) is 7.39. The number of benzene rings is 2. The van der Waals surface area contributed by atoms with Crippen LogP contribution in [0.15, 0.2) is 42.5 Å². The van der Waals surface area contributed by atoms with Gasteiger partial charge in [0.25, 0.3) is 11.8 Å². The zero-order valence-electron chi connectivity index (χ0n) is 16.2. The highest BCUT2D eigenvalue weighted by Gasteiger charge is 2.36. The van der Waals surface area contributed by atoms with Gasteiger partial charge in [-0.3, -0.25) is 14.5 Å². The third-order valence-corrected chi connectivity index (χ3v) is 6.45. The van der Waals surface area contributed by atoms with Gasteiger partial charge in [-0.1, -0.05) is 23.5 Å². The highest BCUT2D eigenvalue weighted by Crippen LogP contribution is 2.33. The molecule has 0 spiro atoms. The first-order chi connectivity index (χ1) is 14.6. The Morgan fingerprint density at radius 2 is 1.70 bits per heavy atom. The molecule has 0 bridgehead atoms. The number of carbonyl (C=O) groups excluding carboxylic acids is 3. The summed E-state index contributed by atoms with van der Waals surface area (Å²) in [5, 5.41) is 0.985. The highest BCUT2D eigenvalue weighted by atomic mass is 32.1. The average molecular weight is 421 g/mol. The zero-order chi connectivity index (χ0) is 20.7. The van der Waals surface area contributed by atoms with Gasteiger partial charge in [-0.25, -0.2) is 9.78 Å². The quantitative estimate of drug-likeness (QED) is 0.365. The Labute approximate surface area is 176 Å². The van der Waals surface area contributed by atoms with E-state index in [0.29, 0.717) is 16.9 Å². The molecule has 1 fully saturated rings. The molecule has 2 aliphatic rings. The lowest BCUT2D eigenvalue weighted by Crippen LogP contribution is -2.36. The van der Waals surface area contributed by atoms with Crippen LogP contribution in [0.3, 0.4) is 0 Å². The van der Waals surface area contributed by atoms with Gasteiger partial charge in [0.05, 0.1) is 21.3 Å². The van der Waals surface area contributed by atoms with Gasteiger partial charge >= 0.3 is 5.97 Å². The van der Waals surface area contributed by atoms with E-state index in [2.05, 4.69) is 9.88 Å². The zero-order valence-corrected chi connectivity index (χ0v) is 17.0. The molecule has 1 saturated heterocycles. The van der Waals surface area contributed by atoms with E-state index < -0.39 is 24.3 Å². The SMILES string of the molecule is O=C(CN1C(=O)c2ccccc2C1=O)Oc1ccc2nc(N3CCCCC3)sc2c1. The molecule has 0 N–H and O–H groups in total. The Hall–Kier alpha value is -3.26. The third-order valence-electron chi connectivity index (χ3n) is 5.37. The van der Waals surface area contributed by atoms with Crippen molar-refractivity contribution >= 4 is 44.5 Å². The summed E-state index contributed by atoms with van der Waals surface area (Å²) in [6, 6.07) is 11.8. The second kappa shape index (κ2) is 7.53. The Morgan fingerprint density at radius 1 is 1.00 bits per heavy atom. The minimum absolute atomic E-state index is 0.312. The number of hydrogen-bond acceptors (Lipinski definition) is 7. The van der Waals surface area contributed by atoms with Crippen LogP contribution in [-0.2, 0) is 4.79 Å². The number of carbonyl (C=O) groups is 3.